The van der Waals surface area contributed by atoms with Gasteiger partial charge in [-0.3, -0.25) is 9.48 Å². The van der Waals surface area contributed by atoms with Crippen LogP contribution in [-0.2, 0) is 7.05 Å². The molecule has 1 aromatic heterocycles. The molecule has 6 heteroatoms. The number of aliphatic hydroxyl groups is 1. The standard InChI is InChI=1S/C18H23N3O3/c1-21-11-14(18(23)19-10-12-6-5-8-15(12)22)17(20-21)13-7-3-4-9-16(13)24-2/h3-4,7,9,11-12,15,22H,5-6,8,10H2,1-2H3,(H,19,23). The van der Waals surface area contributed by atoms with Crippen LogP contribution in [0.2, 0.25) is 0 Å². The number of carbonyl (C=O) groups is 1. The summed E-state index contributed by atoms with van der Waals surface area (Å²) in [7, 11) is 3.39. The molecule has 1 amide bonds. The minimum atomic E-state index is -0.312. The molecule has 3 rings (SSSR count). The molecule has 2 N–H and O–H groups in total. The Morgan fingerprint density at radius 3 is 2.92 bits per heavy atom. The number of aryl methyl sites for hydroxylation is 1. The van der Waals surface area contributed by atoms with Crippen LogP contribution < -0.4 is 10.1 Å². The average Bonchev–Trinajstić information content (AvgIpc) is 3.18. The van der Waals surface area contributed by atoms with Crippen molar-refractivity contribution in [2.45, 2.75) is 25.4 Å². The number of carbonyl (C=O) groups excluding carboxylic acids is 1. The van der Waals surface area contributed by atoms with Crippen molar-refractivity contribution in [3.8, 4) is 17.0 Å². The van der Waals surface area contributed by atoms with E-state index in [0.717, 1.165) is 24.8 Å². The van der Waals surface area contributed by atoms with Crippen LogP contribution in [0.25, 0.3) is 11.3 Å². The molecule has 1 aromatic carbocycles. The number of hydrogen-bond acceptors (Lipinski definition) is 4. The van der Waals surface area contributed by atoms with Gasteiger partial charge in [-0.25, -0.2) is 0 Å². The lowest BCUT2D eigenvalue weighted by Gasteiger charge is -2.15. The third-order valence-electron chi connectivity index (χ3n) is 4.58. The van der Waals surface area contributed by atoms with Gasteiger partial charge >= 0.3 is 0 Å². The lowest BCUT2D eigenvalue weighted by molar-refractivity contribution is 0.0917. The summed E-state index contributed by atoms with van der Waals surface area (Å²) in [4.78, 5) is 12.6. The van der Waals surface area contributed by atoms with E-state index in [1.807, 2.05) is 24.3 Å². The highest BCUT2D eigenvalue weighted by atomic mass is 16.5. The molecule has 24 heavy (non-hydrogen) atoms. The molecular formula is C18H23N3O3. The lowest BCUT2D eigenvalue weighted by Crippen LogP contribution is -2.32. The minimum absolute atomic E-state index is 0.139. The Bertz CT molecular complexity index is 726. The summed E-state index contributed by atoms with van der Waals surface area (Å²) in [5, 5.41) is 17.3. The molecule has 2 unspecified atom stereocenters. The van der Waals surface area contributed by atoms with E-state index in [0.29, 0.717) is 23.6 Å². The number of ether oxygens (including phenoxy) is 1. The number of nitrogens with one attached hydrogen (secondary N) is 1. The summed E-state index contributed by atoms with van der Waals surface area (Å²) in [6.45, 7) is 0.486. The van der Waals surface area contributed by atoms with Crippen molar-refractivity contribution in [2.75, 3.05) is 13.7 Å². The number of nitrogens with zero attached hydrogens (tertiary/aromatic N) is 2. The van der Waals surface area contributed by atoms with Crippen molar-refractivity contribution in [3.05, 3.63) is 36.0 Å². The summed E-state index contributed by atoms with van der Waals surface area (Å²) in [5.41, 5.74) is 1.89. The van der Waals surface area contributed by atoms with Crippen LogP contribution in [0.15, 0.2) is 30.5 Å². The first-order valence-corrected chi connectivity index (χ1v) is 8.23. The van der Waals surface area contributed by atoms with Crippen molar-refractivity contribution < 1.29 is 14.6 Å². The molecular weight excluding hydrogens is 306 g/mol. The van der Waals surface area contributed by atoms with Gasteiger partial charge in [-0.05, 0) is 25.0 Å². The van der Waals surface area contributed by atoms with E-state index < -0.39 is 0 Å². The van der Waals surface area contributed by atoms with Crippen LogP contribution in [0.3, 0.4) is 0 Å². The summed E-state index contributed by atoms with van der Waals surface area (Å²) in [6.07, 6.45) is 4.18. The molecule has 1 fully saturated rings. The monoisotopic (exact) mass is 329 g/mol. The average molecular weight is 329 g/mol. The first-order valence-electron chi connectivity index (χ1n) is 8.23. The van der Waals surface area contributed by atoms with Crippen LogP contribution in [0.4, 0.5) is 0 Å². The summed E-state index contributed by atoms with van der Waals surface area (Å²) in [6, 6.07) is 7.51. The lowest BCUT2D eigenvalue weighted by atomic mass is 10.0. The first-order chi connectivity index (χ1) is 11.6. The Balaban J connectivity index is 1.82. The van der Waals surface area contributed by atoms with E-state index in [9.17, 15) is 9.90 Å². The maximum absolute atomic E-state index is 12.6. The quantitative estimate of drug-likeness (QED) is 0.879. The van der Waals surface area contributed by atoms with Crippen LogP contribution in [0, 0.1) is 5.92 Å². The number of rotatable bonds is 5. The Hall–Kier alpha value is -2.34. The predicted molar refractivity (Wildman–Crippen MR) is 90.9 cm³/mol. The number of methoxy groups -OCH3 is 1. The molecule has 0 aliphatic heterocycles. The van der Waals surface area contributed by atoms with Gasteiger partial charge in [0.2, 0.25) is 0 Å². The van der Waals surface area contributed by atoms with Crippen molar-refractivity contribution in [3.63, 3.8) is 0 Å². The largest absolute Gasteiger partial charge is 0.496 e. The Labute approximate surface area is 141 Å². The van der Waals surface area contributed by atoms with Crippen LogP contribution in [-0.4, -0.2) is 40.6 Å². The molecule has 128 valence electrons. The van der Waals surface area contributed by atoms with Crippen molar-refractivity contribution in [1.82, 2.24) is 15.1 Å². The summed E-state index contributed by atoms with van der Waals surface area (Å²) < 4.78 is 7.01. The van der Waals surface area contributed by atoms with E-state index >= 15 is 0 Å². The highest BCUT2D eigenvalue weighted by Gasteiger charge is 2.26. The molecule has 0 saturated heterocycles. The topological polar surface area (TPSA) is 76.4 Å². The van der Waals surface area contributed by atoms with Gasteiger partial charge in [0, 0.05) is 31.3 Å². The van der Waals surface area contributed by atoms with Gasteiger partial charge in [-0.1, -0.05) is 18.6 Å². The van der Waals surface area contributed by atoms with E-state index in [4.69, 9.17) is 4.74 Å². The molecule has 2 aromatic rings. The van der Waals surface area contributed by atoms with Gasteiger partial charge in [0.1, 0.15) is 11.4 Å². The number of hydrogen-bond donors (Lipinski definition) is 2. The zero-order valence-electron chi connectivity index (χ0n) is 14.0. The summed E-state index contributed by atoms with van der Waals surface area (Å²) >= 11 is 0. The number of para-hydroxylation sites is 1. The normalized spacial score (nSPS) is 20.1. The van der Waals surface area contributed by atoms with E-state index in [1.165, 1.54) is 0 Å². The predicted octanol–water partition coefficient (Wildman–Crippen LogP) is 1.99. The van der Waals surface area contributed by atoms with Crippen molar-refractivity contribution in [2.24, 2.45) is 13.0 Å². The van der Waals surface area contributed by atoms with Gasteiger partial charge in [0.25, 0.3) is 5.91 Å². The second kappa shape index (κ2) is 7.05. The molecule has 0 radical (unpaired) electrons. The Morgan fingerprint density at radius 2 is 2.21 bits per heavy atom. The molecule has 1 heterocycles. The maximum atomic E-state index is 12.6. The van der Waals surface area contributed by atoms with Gasteiger partial charge < -0.3 is 15.2 Å². The van der Waals surface area contributed by atoms with Gasteiger partial charge in [0.05, 0.1) is 18.8 Å². The molecule has 6 nitrogen and oxygen atoms in total. The third kappa shape index (κ3) is 3.28. The molecule has 0 bridgehead atoms. The number of benzene rings is 1. The molecule has 2 atom stereocenters. The van der Waals surface area contributed by atoms with Gasteiger partial charge in [-0.15, -0.1) is 0 Å². The summed E-state index contributed by atoms with van der Waals surface area (Å²) in [5.74, 6) is 0.639. The SMILES string of the molecule is COc1ccccc1-c1nn(C)cc1C(=O)NCC1CCCC1O. The fraction of sp³-hybridized carbons (Fsp3) is 0.444. The van der Waals surface area contributed by atoms with Crippen molar-refractivity contribution >= 4 is 5.91 Å². The van der Waals surface area contributed by atoms with E-state index in [1.54, 1.807) is 25.0 Å². The van der Waals surface area contributed by atoms with Crippen LogP contribution >= 0.6 is 0 Å². The van der Waals surface area contributed by atoms with Gasteiger partial charge in [0.15, 0.2) is 0 Å². The second-order valence-corrected chi connectivity index (χ2v) is 6.23. The van der Waals surface area contributed by atoms with Crippen molar-refractivity contribution in [1.29, 1.82) is 0 Å². The molecule has 1 saturated carbocycles. The minimum Gasteiger partial charge on any atom is -0.496 e. The van der Waals surface area contributed by atoms with Gasteiger partial charge in [-0.2, -0.15) is 5.10 Å². The van der Waals surface area contributed by atoms with E-state index in [-0.39, 0.29) is 17.9 Å². The fourth-order valence-electron chi connectivity index (χ4n) is 3.27. The van der Waals surface area contributed by atoms with E-state index in [2.05, 4.69) is 10.4 Å². The zero-order chi connectivity index (χ0) is 17.1. The number of aromatic nitrogens is 2. The second-order valence-electron chi connectivity index (χ2n) is 6.23. The molecule has 1 aliphatic rings. The zero-order valence-corrected chi connectivity index (χ0v) is 14.0. The first kappa shape index (κ1) is 16.5. The highest BCUT2D eigenvalue weighted by Crippen LogP contribution is 2.31. The third-order valence-corrected chi connectivity index (χ3v) is 4.58. The maximum Gasteiger partial charge on any atom is 0.255 e. The smallest absolute Gasteiger partial charge is 0.255 e. The molecule has 1 aliphatic carbocycles. The highest BCUT2D eigenvalue weighted by molar-refractivity contribution is 6.00. The molecule has 0 spiro atoms. The fourth-order valence-corrected chi connectivity index (χ4v) is 3.27. The number of amides is 1. The Kier molecular flexibility index (Phi) is 4.85. The van der Waals surface area contributed by atoms with Crippen LogP contribution in [0.1, 0.15) is 29.6 Å². The van der Waals surface area contributed by atoms with Crippen LogP contribution in [0.5, 0.6) is 5.75 Å². The Morgan fingerprint density at radius 1 is 1.42 bits per heavy atom. The number of aliphatic hydroxyl groups excluding tert-OH is 1.